The number of nitrogens with zero attached hydrogens (tertiary/aromatic N) is 4. The first kappa shape index (κ1) is 21.8. The minimum Gasteiger partial charge on any atom is -0.376 e. The zero-order chi connectivity index (χ0) is 23.2. The number of hydrogen-bond acceptors (Lipinski definition) is 5. The monoisotopic (exact) mass is 450 g/mol. The Morgan fingerprint density at radius 3 is 2.73 bits per heavy atom. The van der Waals surface area contributed by atoms with E-state index in [4.69, 9.17) is 4.98 Å². The summed E-state index contributed by atoms with van der Waals surface area (Å²) in [5, 5.41) is 6.59. The molecule has 2 bridgehead atoms. The van der Waals surface area contributed by atoms with E-state index in [1.807, 2.05) is 48.6 Å². The van der Waals surface area contributed by atoms with Gasteiger partial charge in [-0.3, -0.25) is 9.78 Å². The van der Waals surface area contributed by atoms with E-state index in [0.29, 0.717) is 5.56 Å². The zero-order valence-corrected chi connectivity index (χ0v) is 19.4. The molecule has 33 heavy (non-hydrogen) atoms. The van der Waals surface area contributed by atoms with Crippen LogP contribution in [0.5, 0.6) is 0 Å². The van der Waals surface area contributed by atoms with Crippen LogP contribution in [0, 0.1) is 5.41 Å². The van der Waals surface area contributed by atoms with E-state index < -0.39 is 5.67 Å². The van der Waals surface area contributed by atoms with Crippen molar-refractivity contribution in [2.75, 3.05) is 25.5 Å². The number of anilines is 1. The number of pyridine rings is 2. The second-order valence-corrected chi connectivity index (χ2v) is 10.0. The number of fused-ring (bicyclic) bond motifs is 1. The van der Waals surface area contributed by atoms with Gasteiger partial charge in [0.2, 0.25) is 0 Å². The largest absolute Gasteiger partial charge is 0.376 e. The lowest BCUT2D eigenvalue weighted by Crippen LogP contribution is -2.67. The summed E-state index contributed by atoms with van der Waals surface area (Å²) in [6, 6.07) is 5.70. The van der Waals surface area contributed by atoms with Crippen molar-refractivity contribution < 1.29 is 9.18 Å². The first-order chi connectivity index (χ1) is 15.8. The first-order valence-electron chi connectivity index (χ1n) is 11.6. The van der Waals surface area contributed by atoms with Gasteiger partial charge in [-0.1, -0.05) is 13.0 Å². The summed E-state index contributed by atoms with van der Waals surface area (Å²) in [5.74, 6) is -0.163. The molecule has 3 fully saturated rings. The standard InChI is InChI=1S/C25H31FN6O/c1-4-20(30-23(33)18-7-19(31(2)3)10-27-9-18)21-12-32-11-17(5-6-22(32)29-21)8-28-16-24-13-25(26,14-24)15-24/h5-7,9-12,20,28H,4,8,13-16H2,1-3H3,(H,30,33). The van der Waals surface area contributed by atoms with E-state index in [-0.39, 0.29) is 17.4 Å². The molecule has 2 N–H and O–H groups in total. The number of carbonyl (C=O) groups is 1. The van der Waals surface area contributed by atoms with E-state index in [9.17, 15) is 9.18 Å². The Morgan fingerprint density at radius 2 is 2.03 bits per heavy atom. The first-order valence-corrected chi connectivity index (χ1v) is 11.6. The lowest BCUT2D eigenvalue weighted by molar-refractivity contribution is -0.209. The van der Waals surface area contributed by atoms with Gasteiger partial charge in [0.15, 0.2) is 0 Å². The summed E-state index contributed by atoms with van der Waals surface area (Å²) >= 11 is 0. The molecular formula is C25H31FN6O. The van der Waals surface area contributed by atoms with Gasteiger partial charge >= 0.3 is 0 Å². The van der Waals surface area contributed by atoms with Crippen LogP contribution in [0.3, 0.4) is 0 Å². The molecule has 0 radical (unpaired) electrons. The number of rotatable bonds is 9. The molecule has 3 heterocycles. The SMILES string of the molecule is CCC(NC(=O)c1cncc(N(C)C)c1)c1cn2cc(CNCC34CC(F)(C3)C4)ccc2n1. The summed E-state index contributed by atoms with van der Waals surface area (Å²) in [6.07, 6.45) is 10.2. The van der Waals surface area contributed by atoms with Crippen LogP contribution in [0.2, 0.25) is 0 Å². The fourth-order valence-electron chi connectivity index (χ4n) is 5.27. The number of halogens is 1. The van der Waals surface area contributed by atoms with Crippen molar-refractivity contribution in [3.05, 3.63) is 59.8 Å². The van der Waals surface area contributed by atoms with Crippen molar-refractivity contribution >= 4 is 17.2 Å². The molecule has 8 heteroatoms. The van der Waals surface area contributed by atoms with Crippen molar-refractivity contribution in [3.8, 4) is 0 Å². The molecular weight excluding hydrogens is 419 g/mol. The van der Waals surface area contributed by atoms with Crippen LogP contribution in [0.1, 0.15) is 60.3 Å². The second-order valence-electron chi connectivity index (χ2n) is 10.0. The smallest absolute Gasteiger partial charge is 0.253 e. The molecule has 174 valence electrons. The maximum absolute atomic E-state index is 13.7. The summed E-state index contributed by atoms with van der Waals surface area (Å²) < 4.78 is 15.7. The quantitative estimate of drug-likeness (QED) is 0.521. The third kappa shape index (κ3) is 4.19. The van der Waals surface area contributed by atoms with Gasteiger partial charge in [0.1, 0.15) is 11.3 Å². The molecule has 0 saturated heterocycles. The second kappa shape index (κ2) is 8.09. The molecule has 3 saturated carbocycles. The van der Waals surface area contributed by atoms with E-state index in [2.05, 4.69) is 27.9 Å². The lowest BCUT2D eigenvalue weighted by Gasteiger charge is -2.66. The Balaban J connectivity index is 1.24. The van der Waals surface area contributed by atoms with Crippen LogP contribution in [-0.4, -0.2) is 46.6 Å². The molecule has 1 atom stereocenters. The predicted molar refractivity (Wildman–Crippen MR) is 126 cm³/mol. The number of aromatic nitrogens is 3. The van der Waals surface area contributed by atoms with E-state index in [1.165, 1.54) is 0 Å². The predicted octanol–water partition coefficient (Wildman–Crippen LogP) is 3.66. The number of hydrogen-bond donors (Lipinski definition) is 2. The molecule has 3 aromatic heterocycles. The van der Waals surface area contributed by atoms with Crippen molar-refractivity contribution in [3.63, 3.8) is 0 Å². The van der Waals surface area contributed by atoms with Gasteiger partial charge in [0.05, 0.1) is 29.2 Å². The van der Waals surface area contributed by atoms with Crippen LogP contribution in [0.15, 0.2) is 43.0 Å². The van der Waals surface area contributed by atoms with Gasteiger partial charge in [0, 0.05) is 45.8 Å². The Labute approximate surface area is 193 Å². The Bertz CT molecular complexity index is 1170. The van der Waals surface area contributed by atoms with Crippen molar-refractivity contribution in [1.29, 1.82) is 0 Å². The minimum absolute atomic E-state index is 0.163. The van der Waals surface area contributed by atoms with E-state index >= 15 is 0 Å². The fourth-order valence-corrected chi connectivity index (χ4v) is 5.27. The van der Waals surface area contributed by atoms with E-state index in [0.717, 1.165) is 61.4 Å². The fraction of sp³-hybridized carbons (Fsp3) is 0.480. The highest BCUT2D eigenvalue weighted by molar-refractivity contribution is 5.95. The summed E-state index contributed by atoms with van der Waals surface area (Å²) in [5.41, 5.74) is 3.59. The van der Waals surface area contributed by atoms with Crippen LogP contribution in [-0.2, 0) is 6.54 Å². The average Bonchev–Trinajstić information content (AvgIpc) is 3.18. The van der Waals surface area contributed by atoms with Gasteiger partial charge in [-0.2, -0.15) is 0 Å². The average molecular weight is 451 g/mol. The van der Waals surface area contributed by atoms with Crippen LogP contribution in [0.4, 0.5) is 10.1 Å². The van der Waals surface area contributed by atoms with Crippen LogP contribution >= 0.6 is 0 Å². The minimum atomic E-state index is -0.843. The van der Waals surface area contributed by atoms with Crippen LogP contribution in [0.25, 0.3) is 5.65 Å². The van der Waals surface area contributed by atoms with Gasteiger partial charge in [0.25, 0.3) is 5.91 Å². The number of alkyl halides is 1. The highest BCUT2D eigenvalue weighted by Gasteiger charge is 2.68. The normalized spacial score (nSPS) is 24.1. The maximum atomic E-state index is 13.7. The molecule has 0 aliphatic heterocycles. The molecule has 0 spiro atoms. The molecule has 1 amide bonds. The highest BCUT2D eigenvalue weighted by Crippen LogP contribution is 2.69. The summed E-state index contributed by atoms with van der Waals surface area (Å²) in [6.45, 7) is 3.65. The van der Waals surface area contributed by atoms with Gasteiger partial charge in [-0.25, -0.2) is 9.37 Å². The van der Waals surface area contributed by atoms with Crippen molar-refractivity contribution in [2.24, 2.45) is 5.41 Å². The lowest BCUT2D eigenvalue weighted by atomic mass is 9.42. The zero-order valence-electron chi connectivity index (χ0n) is 19.4. The molecule has 7 nitrogen and oxygen atoms in total. The molecule has 0 aromatic carbocycles. The van der Waals surface area contributed by atoms with Crippen molar-refractivity contribution in [2.45, 2.75) is 50.9 Å². The van der Waals surface area contributed by atoms with E-state index in [1.54, 1.807) is 12.4 Å². The van der Waals surface area contributed by atoms with Gasteiger partial charge in [-0.05, 0) is 48.8 Å². The topological polar surface area (TPSA) is 74.6 Å². The summed E-state index contributed by atoms with van der Waals surface area (Å²) in [7, 11) is 3.84. The Kier molecular flexibility index (Phi) is 5.35. The molecule has 3 aromatic rings. The number of amides is 1. The van der Waals surface area contributed by atoms with Gasteiger partial charge < -0.3 is 19.9 Å². The maximum Gasteiger partial charge on any atom is 0.253 e. The number of carbonyl (C=O) groups excluding carboxylic acids is 1. The third-order valence-electron chi connectivity index (χ3n) is 7.01. The molecule has 3 aliphatic rings. The molecule has 1 unspecified atom stereocenters. The molecule has 6 rings (SSSR count). The Morgan fingerprint density at radius 1 is 1.24 bits per heavy atom. The van der Waals surface area contributed by atoms with Crippen LogP contribution < -0.4 is 15.5 Å². The Hall–Kier alpha value is -3.00. The highest BCUT2D eigenvalue weighted by atomic mass is 19.1. The number of nitrogens with one attached hydrogen (secondary N) is 2. The third-order valence-corrected chi connectivity index (χ3v) is 7.01. The van der Waals surface area contributed by atoms with Gasteiger partial charge in [-0.15, -0.1) is 0 Å². The number of imidazole rings is 1. The van der Waals surface area contributed by atoms with Crippen molar-refractivity contribution in [1.82, 2.24) is 25.0 Å². The summed E-state index contributed by atoms with van der Waals surface area (Å²) in [4.78, 5) is 23.7. The molecule has 3 aliphatic carbocycles.